The average molecular weight is 1180 g/mol. The number of cyclic esters (lactones) is 1. The number of hydrogen-bond donors (Lipinski definition) is 2. The number of fused-ring (bicyclic) bond motifs is 2. The number of rotatable bonds is 13. The van der Waals surface area contributed by atoms with Crippen LogP contribution in [0.1, 0.15) is 133 Å². The summed E-state index contributed by atoms with van der Waals surface area (Å²) >= 11 is 3.49. The molecule has 2 aliphatic heterocycles. The lowest BCUT2D eigenvalue weighted by Crippen LogP contribution is -2.61. The monoisotopic (exact) mass is 1180 g/mol. The summed E-state index contributed by atoms with van der Waals surface area (Å²) in [6.45, 7) is 21.2. The molecular weight excluding hydrogens is 1080 g/mol. The SMILES string of the molecule is CCC(C)[C@@H]1CC(=O)[C@@H]2CCN(C2)C(=O)[C@H](Cc2ccc(Br)cc2)N(C)C(=O)[C@H](Cc2ccccc2)NC(=O)[C@H](C(C)C)N(C)C(=O)[C@@H](C(C)CC)OC(=O)[C@H](C(C)(C)O)N(C)C(=O)[C@H](CC(C)C)CC(=O)[C@H](C(C)C)N(C)C1=O. The first kappa shape index (κ1) is 67.0. The number of ether oxygens (including phenoxy) is 1. The van der Waals surface area contributed by atoms with Gasteiger partial charge in [-0.15, -0.1) is 0 Å². The number of amides is 6. The minimum Gasteiger partial charge on any atom is -0.450 e. The van der Waals surface area contributed by atoms with Gasteiger partial charge in [-0.2, -0.15) is 0 Å². The van der Waals surface area contributed by atoms with Crippen LogP contribution in [0.25, 0.3) is 0 Å². The zero-order valence-electron chi connectivity index (χ0n) is 50.5. The van der Waals surface area contributed by atoms with E-state index in [1.165, 1.54) is 49.7 Å². The number of aliphatic hydroxyl groups is 1. The van der Waals surface area contributed by atoms with Crippen molar-refractivity contribution in [2.75, 3.05) is 41.3 Å². The highest BCUT2D eigenvalue weighted by atomic mass is 79.9. The summed E-state index contributed by atoms with van der Waals surface area (Å²) in [6, 6.07) is 10.2. The van der Waals surface area contributed by atoms with E-state index in [1.807, 2.05) is 96.1 Å². The molecule has 2 aliphatic rings. The fourth-order valence-electron chi connectivity index (χ4n) is 11.6. The molecule has 2 aromatic rings. The van der Waals surface area contributed by atoms with Crippen LogP contribution in [0.5, 0.6) is 0 Å². The molecule has 0 aliphatic carbocycles. The Morgan fingerprint density at radius 2 is 1.21 bits per heavy atom. The Morgan fingerprint density at radius 3 is 1.75 bits per heavy atom. The van der Waals surface area contributed by atoms with Gasteiger partial charge in [-0.25, -0.2) is 4.79 Å². The number of nitrogens with one attached hydrogen (secondary N) is 1. The molecule has 0 aromatic heterocycles. The number of ketones is 2. The number of hydrogen-bond acceptors (Lipinski definition) is 11. The first-order chi connectivity index (χ1) is 37.4. The molecule has 4 rings (SSSR count). The van der Waals surface area contributed by atoms with Crippen LogP contribution >= 0.6 is 15.9 Å². The molecule has 17 nitrogen and oxygen atoms in total. The number of halogens is 1. The van der Waals surface area contributed by atoms with Crippen LogP contribution in [-0.4, -0.2) is 166 Å². The molecule has 18 heteroatoms. The van der Waals surface area contributed by atoms with E-state index in [0.717, 1.165) is 14.9 Å². The lowest BCUT2D eigenvalue weighted by molar-refractivity contribution is -0.178. The van der Waals surface area contributed by atoms with E-state index < -0.39 is 119 Å². The Morgan fingerprint density at radius 1 is 0.650 bits per heavy atom. The largest absolute Gasteiger partial charge is 0.450 e. The normalized spacial score (nSPS) is 26.5. The smallest absolute Gasteiger partial charge is 0.332 e. The quantitative estimate of drug-likeness (QED) is 0.192. The van der Waals surface area contributed by atoms with E-state index >= 15 is 9.59 Å². The molecule has 2 N–H and O–H groups in total. The third kappa shape index (κ3) is 17.0. The highest BCUT2D eigenvalue weighted by molar-refractivity contribution is 9.10. The number of benzene rings is 2. The fourth-order valence-corrected chi connectivity index (χ4v) is 11.9. The van der Waals surface area contributed by atoms with Crippen molar-refractivity contribution in [2.24, 2.45) is 47.3 Å². The second-order valence-corrected chi connectivity index (χ2v) is 25.4. The standard InChI is InChI=1S/C62H93BrN6O11/c1-17-39(9)46-34-49(70)43-28-29-69(35-43)59(76)48(32-42-24-26-45(63)27-25-42)65(13)58(75)47(31-41-22-20-19-21-23-41)64-55(72)52(38(7)8)67(15)60(77)53(40(10)18-2)80-61(78)54(62(11,12)79)68(16)56(73)44(30-36(3)4)33-50(71)51(37(5)6)66(14)57(46)74/h19-27,36-40,43-44,46-48,51-54,79H,17-18,28-35H2,1-16H3,(H,64,72)/t39?,40?,43-,44-,46+,47+,48+,51+,52+,53-,54-/m1/s1. The van der Waals surface area contributed by atoms with Gasteiger partial charge in [0.2, 0.25) is 29.5 Å². The summed E-state index contributed by atoms with van der Waals surface area (Å²) in [4.78, 5) is 141. The van der Waals surface area contributed by atoms with E-state index in [0.29, 0.717) is 24.8 Å². The van der Waals surface area contributed by atoms with Gasteiger partial charge in [0, 0.05) is 95.1 Å². The molecule has 11 atom stereocenters. The van der Waals surface area contributed by atoms with Crippen molar-refractivity contribution in [1.82, 2.24) is 29.8 Å². The van der Waals surface area contributed by atoms with Gasteiger partial charge in [0.15, 0.2) is 17.9 Å². The summed E-state index contributed by atoms with van der Waals surface area (Å²) in [5.41, 5.74) is -0.474. The number of carbonyl (C=O) groups excluding carboxylic acids is 9. The van der Waals surface area contributed by atoms with Gasteiger partial charge in [0.1, 0.15) is 23.9 Å². The highest BCUT2D eigenvalue weighted by Gasteiger charge is 2.47. The first-order valence-corrected chi connectivity index (χ1v) is 29.6. The van der Waals surface area contributed by atoms with Crippen molar-refractivity contribution < 1.29 is 53.0 Å². The third-order valence-corrected chi connectivity index (χ3v) is 17.1. The Kier molecular flexibility index (Phi) is 24.7. The minimum atomic E-state index is -1.94. The van der Waals surface area contributed by atoms with Crippen molar-refractivity contribution in [2.45, 2.75) is 176 Å². The first-order valence-electron chi connectivity index (χ1n) is 28.8. The van der Waals surface area contributed by atoms with E-state index in [-0.39, 0.29) is 68.6 Å². The van der Waals surface area contributed by atoms with Crippen LogP contribution in [0.4, 0.5) is 0 Å². The maximum Gasteiger partial charge on any atom is 0.332 e. The van der Waals surface area contributed by atoms with Crippen LogP contribution in [0.15, 0.2) is 59.1 Å². The molecular formula is C62H93BrN6O11. The predicted octanol–water partition coefficient (Wildman–Crippen LogP) is 7.17. The van der Waals surface area contributed by atoms with Crippen molar-refractivity contribution >= 4 is 68.9 Å². The zero-order chi connectivity index (χ0) is 60.2. The highest BCUT2D eigenvalue weighted by Crippen LogP contribution is 2.32. The molecule has 2 saturated heterocycles. The summed E-state index contributed by atoms with van der Waals surface area (Å²) in [6.07, 6.45) is -0.376. The number of nitrogens with zero attached hydrogens (tertiary/aromatic N) is 5. The molecule has 0 radical (unpaired) electrons. The van der Waals surface area contributed by atoms with E-state index in [1.54, 1.807) is 39.6 Å². The molecule has 0 saturated carbocycles. The van der Waals surface area contributed by atoms with Crippen molar-refractivity contribution in [1.29, 1.82) is 0 Å². The molecule has 2 fully saturated rings. The van der Waals surface area contributed by atoms with Gasteiger partial charge in [-0.1, -0.05) is 134 Å². The second-order valence-electron chi connectivity index (χ2n) is 24.5. The summed E-state index contributed by atoms with van der Waals surface area (Å²) in [7, 11) is 5.86. The van der Waals surface area contributed by atoms with Crippen LogP contribution < -0.4 is 5.32 Å². The van der Waals surface area contributed by atoms with Crippen LogP contribution in [0.2, 0.25) is 0 Å². The second kappa shape index (κ2) is 29.5. The number of esters is 1. The maximum atomic E-state index is 15.2. The molecule has 444 valence electrons. The molecule has 2 bridgehead atoms. The van der Waals surface area contributed by atoms with Gasteiger partial charge >= 0.3 is 5.97 Å². The molecule has 0 spiro atoms. The van der Waals surface area contributed by atoms with Crippen LogP contribution in [-0.2, 0) is 60.7 Å². The van der Waals surface area contributed by atoms with Gasteiger partial charge < -0.3 is 39.7 Å². The van der Waals surface area contributed by atoms with Crippen molar-refractivity contribution in [3.05, 3.63) is 70.2 Å². The van der Waals surface area contributed by atoms with E-state index in [2.05, 4.69) is 21.2 Å². The van der Waals surface area contributed by atoms with E-state index in [9.17, 15) is 38.7 Å². The van der Waals surface area contributed by atoms with Crippen molar-refractivity contribution in [3.8, 4) is 0 Å². The van der Waals surface area contributed by atoms with Gasteiger partial charge in [0.25, 0.3) is 5.91 Å². The van der Waals surface area contributed by atoms with Crippen LogP contribution in [0.3, 0.4) is 0 Å². The van der Waals surface area contributed by atoms with Crippen molar-refractivity contribution in [3.63, 3.8) is 0 Å². The molecule has 2 unspecified atom stereocenters. The van der Waals surface area contributed by atoms with Gasteiger partial charge in [-0.05, 0) is 80.0 Å². The third-order valence-electron chi connectivity index (χ3n) is 16.6. The fraction of sp³-hybridized carbons (Fsp3) is 0.661. The lowest BCUT2D eigenvalue weighted by atomic mass is 9.82. The topological polar surface area (TPSA) is 211 Å². The molecule has 80 heavy (non-hydrogen) atoms. The van der Waals surface area contributed by atoms with Gasteiger partial charge in [-0.3, -0.25) is 38.4 Å². The Bertz CT molecular complexity index is 2480. The summed E-state index contributed by atoms with van der Waals surface area (Å²) < 4.78 is 6.94. The minimum absolute atomic E-state index is 0.0186. The lowest BCUT2D eigenvalue weighted by Gasteiger charge is -2.39. The molecule has 6 amide bonds. The predicted molar refractivity (Wildman–Crippen MR) is 311 cm³/mol. The number of carbonyl (C=O) groups is 9. The Labute approximate surface area is 484 Å². The molecule has 2 heterocycles. The Balaban J connectivity index is 1.94. The van der Waals surface area contributed by atoms with Gasteiger partial charge in [0.05, 0.1) is 11.6 Å². The zero-order valence-corrected chi connectivity index (χ0v) is 52.1. The van der Waals surface area contributed by atoms with Crippen LogP contribution in [0, 0.1) is 47.3 Å². The molecule has 2 aromatic carbocycles. The summed E-state index contributed by atoms with van der Waals surface area (Å²) in [5.74, 6) is -9.48. The summed E-state index contributed by atoms with van der Waals surface area (Å²) in [5, 5.41) is 14.7. The maximum absolute atomic E-state index is 15.2. The average Bonchev–Trinajstić information content (AvgIpc) is 3.91. The van der Waals surface area contributed by atoms with E-state index in [4.69, 9.17) is 4.74 Å². The number of likely N-dealkylation sites (N-methyl/N-ethyl adjacent to an activating group) is 4. The Hall–Kier alpha value is -5.49. The number of Topliss-reactive ketones (excluding diaryl/α,β-unsaturated/α-hetero) is 2.